The fourth-order valence-electron chi connectivity index (χ4n) is 4.24. The van der Waals surface area contributed by atoms with Crippen LogP contribution in [-0.4, -0.2) is 65.0 Å². The first-order valence-electron chi connectivity index (χ1n) is 10.5. The summed E-state index contributed by atoms with van der Waals surface area (Å²) in [5.41, 5.74) is 2.26. The summed E-state index contributed by atoms with van der Waals surface area (Å²) in [5, 5.41) is 15.1. The summed E-state index contributed by atoms with van der Waals surface area (Å²) in [6, 6.07) is 16.1. The Balaban J connectivity index is 1.44. The Bertz CT molecular complexity index is 1200. The highest BCUT2D eigenvalue weighted by atomic mass is 32.1. The zero-order chi connectivity index (χ0) is 22.1. The van der Waals surface area contributed by atoms with E-state index in [2.05, 4.69) is 38.1 Å². The molecule has 2 aromatic carbocycles. The van der Waals surface area contributed by atoms with Gasteiger partial charge in [-0.3, -0.25) is 4.90 Å². The first-order valence-corrected chi connectivity index (χ1v) is 11.3. The number of fused-ring (bicyclic) bond motifs is 1. The monoisotopic (exact) mass is 451 g/mol. The van der Waals surface area contributed by atoms with E-state index in [-0.39, 0.29) is 11.9 Å². The Kier molecular flexibility index (Phi) is 5.59. The van der Waals surface area contributed by atoms with Crippen molar-refractivity contribution in [2.24, 2.45) is 0 Å². The standard InChI is InChI=1S/C23H25N5O3S/c1-30-18-8-6-17(7-9-18)26-10-12-27(13-11-26)20(16-4-3-5-19(14-16)31-2)21-22(29)28-23(32-21)24-15-25-28/h3-9,14-15,20,29H,10-13H2,1-2H3. The number of hydrogen-bond acceptors (Lipinski definition) is 8. The summed E-state index contributed by atoms with van der Waals surface area (Å²) in [7, 11) is 3.35. The Morgan fingerprint density at radius 3 is 2.41 bits per heavy atom. The predicted octanol–water partition coefficient (Wildman–Crippen LogP) is 3.43. The third-order valence-corrected chi connectivity index (χ3v) is 7.00. The minimum atomic E-state index is -0.114. The number of benzene rings is 2. The fraction of sp³-hybridized carbons (Fsp3) is 0.304. The van der Waals surface area contributed by atoms with Crippen LogP contribution in [0.1, 0.15) is 16.5 Å². The largest absolute Gasteiger partial charge is 0.497 e. The van der Waals surface area contributed by atoms with Gasteiger partial charge in [-0.2, -0.15) is 9.61 Å². The van der Waals surface area contributed by atoms with Crippen molar-refractivity contribution in [2.45, 2.75) is 6.04 Å². The average Bonchev–Trinajstić information content (AvgIpc) is 3.43. The number of aromatic hydroxyl groups is 1. The molecule has 0 bridgehead atoms. The molecule has 0 saturated carbocycles. The number of hydrogen-bond donors (Lipinski definition) is 1. The Morgan fingerprint density at radius 1 is 0.969 bits per heavy atom. The van der Waals surface area contributed by atoms with Gasteiger partial charge in [0.1, 0.15) is 17.8 Å². The van der Waals surface area contributed by atoms with Crippen LogP contribution >= 0.6 is 11.3 Å². The topological polar surface area (TPSA) is 75.4 Å². The molecule has 166 valence electrons. The molecule has 0 aliphatic carbocycles. The van der Waals surface area contributed by atoms with E-state index in [0.29, 0.717) is 4.96 Å². The Morgan fingerprint density at radius 2 is 1.72 bits per heavy atom. The number of rotatable bonds is 6. The van der Waals surface area contributed by atoms with E-state index in [0.717, 1.165) is 48.1 Å². The van der Waals surface area contributed by atoms with Crippen molar-refractivity contribution in [3.8, 4) is 17.4 Å². The van der Waals surface area contributed by atoms with Crippen LogP contribution in [0.4, 0.5) is 5.69 Å². The summed E-state index contributed by atoms with van der Waals surface area (Å²) in [5.74, 6) is 1.80. The van der Waals surface area contributed by atoms with E-state index in [4.69, 9.17) is 9.47 Å². The maximum atomic E-state index is 10.9. The zero-order valence-electron chi connectivity index (χ0n) is 18.0. The van der Waals surface area contributed by atoms with Gasteiger partial charge in [-0.1, -0.05) is 23.5 Å². The van der Waals surface area contributed by atoms with E-state index in [9.17, 15) is 5.11 Å². The molecule has 2 aromatic heterocycles. The zero-order valence-corrected chi connectivity index (χ0v) is 18.8. The molecule has 0 radical (unpaired) electrons. The van der Waals surface area contributed by atoms with Crippen molar-refractivity contribution in [1.82, 2.24) is 19.5 Å². The quantitative estimate of drug-likeness (QED) is 0.481. The van der Waals surface area contributed by atoms with Gasteiger partial charge in [-0.05, 0) is 42.0 Å². The molecule has 1 fully saturated rings. The van der Waals surface area contributed by atoms with Crippen LogP contribution in [-0.2, 0) is 0 Å². The van der Waals surface area contributed by atoms with Gasteiger partial charge in [0.05, 0.1) is 25.1 Å². The molecule has 0 amide bonds. The van der Waals surface area contributed by atoms with E-state index >= 15 is 0 Å². The molecule has 5 rings (SSSR count). The summed E-state index contributed by atoms with van der Waals surface area (Å²) in [6.45, 7) is 3.46. The van der Waals surface area contributed by atoms with Crippen LogP contribution in [0.2, 0.25) is 0 Å². The normalized spacial score (nSPS) is 15.8. The van der Waals surface area contributed by atoms with Crippen molar-refractivity contribution in [3.63, 3.8) is 0 Å². The maximum absolute atomic E-state index is 10.9. The fourth-order valence-corrected chi connectivity index (χ4v) is 5.33. The van der Waals surface area contributed by atoms with Gasteiger partial charge in [0.25, 0.3) is 0 Å². The number of ether oxygens (including phenoxy) is 2. The highest BCUT2D eigenvalue weighted by molar-refractivity contribution is 7.17. The molecule has 1 aliphatic rings. The molecule has 32 heavy (non-hydrogen) atoms. The molecule has 1 N–H and O–H groups in total. The van der Waals surface area contributed by atoms with Crippen molar-refractivity contribution in [3.05, 3.63) is 65.3 Å². The third kappa shape index (κ3) is 3.74. The molecule has 8 nitrogen and oxygen atoms in total. The molecular formula is C23H25N5O3S. The number of methoxy groups -OCH3 is 2. The van der Waals surface area contributed by atoms with Gasteiger partial charge < -0.3 is 19.5 Å². The summed E-state index contributed by atoms with van der Waals surface area (Å²) >= 11 is 1.47. The number of nitrogens with zero attached hydrogens (tertiary/aromatic N) is 5. The lowest BCUT2D eigenvalue weighted by Crippen LogP contribution is -2.47. The van der Waals surface area contributed by atoms with E-state index in [1.54, 1.807) is 14.2 Å². The SMILES string of the molecule is COc1ccc(N2CCN(C(c3cccc(OC)c3)c3sc4ncnn4c3O)CC2)cc1. The summed E-state index contributed by atoms with van der Waals surface area (Å²) in [6.07, 6.45) is 1.46. The molecule has 3 heterocycles. The first kappa shape index (κ1) is 20.6. The molecule has 1 saturated heterocycles. The van der Waals surface area contributed by atoms with Gasteiger partial charge in [0.2, 0.25) is 10.8 Å². The van der Waals surface area contributed by atoms with Gasteiger partial charge in [0.15, 0.2) is 0 Å². The van der Waals surface area contributed by atoms with E-state index in [1.807, 2.05) is 30.3 Å². The Hall–Kier alpha value is -3.30. The molecule has 1 atom stereocenters. The van der Waals surface area contributed by atoms with Crippen LogP contribution in [0, 0.1) is 0 Å². The first-order chi connectivity index (χ1) is 15.7. The molecular weight excluding hydrogens is 426 g/mol. The smallest absolute Gasteiger partial charge is 0.230 e. The number of anilines is 1. The van der Waals surface area contributed by atoms with Crippen LogP contribution in [0.25, 0.3) is 4.96 Å². The van der Waals surface area contributed by atoms with Crippen LogP contribution < -0.4 is 14.4 Å². The second-order valence-electron chi connectivity index (χ2n) is 7.64. The highest BCUT2D eigenvalue weighted by Crippen LogP contribution is 2.41. The van der Waals surface area contributed by atoms with Crippen LogP contribution in [0.5, 0.6) is 17.4 Å². The minimum Gasteiger partial charge on any atom is -0.497 e. The molecule has 1 unspecified atom stereocenters. The third-order valence-electron chi connectivity index (χ3n) is 5.91. The van der Waals surface area contributed by atoms with Crippen molar-refractivity contribution in [2.75, 3.05) is 45.3 Å². The minimum absolute atomic E-state index is 0.114. The van der Waals surface area contributed by atoms with Gasteiger partial charge in [0, 0.05) is 31.9 Å². The van der Waals surface area contributed by atoms with Crippen molar-refractivity contribution >= 4 is 22.0 Å². The van der Waals surface area contributed by atoms with Crippen LogP contribution in [0.3, 0.4) is 0 Å². The molecule has 4 aromatic rings. The predicted molar refractivity (Wildman–Crippen MR) is 124 cm³/mol. The number of thiazole rings is 1. The summed E-state index contributed by atoms with van der Waals surface area (Å²) < 4.78 is 12.3. The van der Waals surface area contributed by atoms with Crippen LogP contribution in [0.15, 0.2) is 54.9 Å². The maximum Gasteiger partial charge on any atom is 0.230 e. The highest BCUT2D eigenvalue weighted by Gasteiger charge is 2.31. The van der Waals surface area contributed by atoms with E-state index < -0.39 is 0 Å². The van der Waals surface area contributed by atoms with Gasteiger partial charge >= 0.3 is 0 Å². The lowest BCUT2D eigenvalue weighted by Gasteiger charge is -2.40. The molecule has 9 heteroatoms. The second kappa shape index (κ2) is 8.68. The van der Waals surface area contributed by atoms with Crippen molar-refractivity contribution in [1.29, 1.82) is 0 Å². The van der Waals surface area contributed by atoms with E-state index in [1.165, 1.54) is 27.9 Å². The average molecular weight is 452 g/mol. The number of aromatic nitrogens is 3. The lowest BCUT2D eigenvalue weighted by molar-refractivity contribution is 0.211. The Labute approximate surface area is 190 Å². The number of piperazine rings is 1. The van der Waals surface area contributed by atoms with Gasteiger partial charge in [-0.25, -0.2) is 4.98 Å². The second-order valence-corrected chi connectivity index (χ2v) is 8.65. The lowest BCUT2D eigenvalue weighted by atomic mass is 10.0. The van der Waals surface area contributed by atoms with Crippen molar-refractivity contribution < 1.29 is 14.6 Å². The van der Waals surface area contributed by atoms with Gasteiger partial charge in [-0.15, -0.1) is 0 Å². The summed E-state index contributed by atoms with van der Waals surface area (Å²) in [4.78, 5) is 10.6. The molecule has 1 aliphatic heterocycles. The molecule has 0 spiro atoms.